The second kappa shape index (κ2) is 2.14. The summed E-state index contributed by atoms with van der Waals surface area (Å²) in [5.74, 6) is 0. The van der Waals surface area contributed by atoms with Crippen LogP contribution in [-0.4, -0.2) is 4.98 Å². The van der Waals surface area contributed by atoms with Gasteiger partial charge in [-0.3, -0.25) is 0 Å². The number of hydrogen-bond acceptors (Lipinski definition) is 1. The molecule has 1 heterocycles. The highest BCUT2D eigenvalue weighted by molar-refractivity contribution is 6.29. The average Bonchev–Trinajstić information content (AvgIpc) is 1.59. The van der Waals surface area contributed by atoms with Gasteiger partial charge in [0.1, 0.15) is 5.15 Å². The number of aryl methyl sites for hydroxylation is 1. The van der Waals surface area contributed by atoms with Crippen molar-refractivity contribution in [3.8, 4) is 0 Å². The molecular formula is C6H6ClN. The van der Waals surface area contributed by atoms with E-state index in [0.29, 0.717) is 11.2 Å². The van der Waals surface area contributed by atoms with Gasteiger partial charge in [-0.25, -0.2) is 4.98 Å². The van der Waals surface area contributed by atoms with Gasteiger partial charge in [-0.2, -0.15) is 0 Å². The van der Waals surface area contributed by atoms with Crippen LogP contribution in [-0.2, 0) is 0 Å². The first-order chi connectivity index (χ1) is 4.18. The van der Waals surface area contributed by atoms with Crippen LogP contribution >= 0.6 is 11.6 Å². The number of pyridine rings is 1. The Hall–Kier alpha value is -0.560. The predicted molar refractivity (Wildman–Crippen MR) is 34.0 cm³/mol. The summed E-state index contributed by atoms with van der Waals surface area (Å²) in [5, 5.41) is 0.389. The number of rotatable bonds is 0. The van der Waals surface area contributed by atoms with Crippen LogP contribution in [0.3, 0.4) is 0 Å². The van der Waals surface area contributed by atoms with Crippen molar-refractivity contribution >= 4 is 11.6 Å². The average molecular weight is 129 g/mol. The molecule has 8 heavy (non-hydrogen) atoms. The molecule has 0 atom stereocenters. The minimum absolute atomic E-state index is 0.389. The van der Waals surface area contributed by atoms with Gasteiger partial charge in [-0.1, -0.05) is 17.6 Å². The lowest BCUT2D eigenvalue weighted by atomic mass is 10.4. The fraction of sp³-hybridized carbons (Fsp3) is 0.167. The van der Waals surface area contributed by atoms with Gasteiger partial charge >= 0.3 is 0 Å². The maximum Gasteiger partial charge on any atom is 0.129 e. The number of aromatic nitrogens is 1. The fourth-order valence-corrected chi connectivity index (χ4v) is 0.660. The van der Waals surface area contributed by atoms with Gasteiger partial charge in [0.25, 0.3) is 0 Å². The third-order valence-electron chi connectivity index (χ3n) is 0.778. The predicted octanol–water partition coefficient (Wildman–Crippen LogP) is 2.04. The first-order valence-electron chi connectivity index (χ1n) is 2.79. The molecule has 0 radical (unpaired) electrons. The molecule has 0 N–H and O–H groups in total. The van der Waals surface area contributed by atoms with E-state index in [4.69, 9.17) is 13.0 Å². The summed E-state index contributed by atoms with van der Waals surface area (Å²) in [7, 11) is 0. The summed E-state index contributed by atoms with van der Waals surface area (Å²) in [6.07, 6.45) is 0. The summed E-state index contributed by atoms with van der Waals surface area (Å²) >= 11 is 5.52. The normalized spacial score (nSPS) is 11.0. The Balaban J connectivity index is 3.17. The summed E-state index contributed by atoms with van der Waals surface area (Å²) in [6.45, 7) is 1.81. The molecule has 0 bridgehead atoms. The Kier molecular flexibility index (Phi) is 1.16. The lowest BCUT2D eigenvalue weighted by Crippen LogP contribution is -1.76. The molecule has 0 saturated carbocycles. The first kappa shape index (κ1) is 4.33. The van der Waals surface area contributed by atoms with Crippen molar-refractivity contribution in [3.05, 3.63) is 29.0 Å². The maximum absolute atomic E-state index is 7.15. The van der Waals surface area contributed by atoms with Crippen LogP contribution in [0.25, 0.3) is 0 Å². The highest BCUT2D eigenvalue weighted by Crippen LogP contribution is 2.02. The molecule has 0 spiro atoms. The Labute approximate surface area is 54.7 Å². The Morgan fingerprint density at radius 1 is 1.75 bits per heavy atom. The van der Waals surface area contributed by atoms with Crippen molar-refractivity contribution in [3.63, 3.8) is 0 Å². The van der Waals surface area contributed by atoms with Crippen LogP contribution in [0.15, 0.2) is 18.2 Å². The van der Waals surface area contributed by atoms with Crippen molar-refractivity contribution in [2.45, 2.75) is 6.92 Å². The number of hydrogen-bond donors (Lipinski definition) is 0. The molecule has 0 unspecified atom stereocenters. The van der Waals surface area contributed by atoms with Gasteiger partial charge in [0.05, 0.1) is 1.37 Å². The zero-order valence-corrected chi connectivity index (χ0v) is 5.24. The van der Waals surface area contributed by atoms with Crippen molar-refractivity contribution < 1.29 is 1.37 Å². The minimum Gasteiger partial charge on any atom is -0.241 e. The summed E-state index contributed by atoms with van der Waals surface area (Å²) in [6, 6.07) is 3.58. The van der Waals surface area contributed by atoms with E-state index in [0.717, 1.165) is 5.69 Å². The van der Waals surface area contributed by atoms with E-state index in [-0.39, 0.29) is 0 Å². The van der Waals surface area contributed by atoms with Gasteiger partial charge in [0, 0.05) is 5.69 Å². The highest BCUT2D eigenvalue weighted by atomic mass is 35.5. The smallest absolute Gasteiger partial charge is 0.129 e. The van der Waals surface area contributed by atoms with Crippen LogP contribution in [0.4, 0.5) is 0 Å². The van der Waals surface area contributed by atoms with Crippen LogP contribution in [0.2, 0.25) is 5.15 Å². The Morgan fingerprint density at radius 2 is 2.50 bits per heavy atom. The molecule has 1 rings (SSSR count). The van der Waals surface area contributed by atoms with Crippen LogP contribution < -0.4 is 0 Å². The van der Waals surface area contributed by atoms with E-state index in [1.54, 1.807) is 6.07 Å². The van der Waals surface area contributed by atoms with Gasteiger partial charge in [0.15, 0.2) is 0 Å². The molecule has 0 aliphatic rings. The van der Waals surface area contributed by atoms with Crippen molar-refractivity contribution in [1.29, 1.82) is 0 Å². The second-order valence-corrected chi connectivity index (χ2v) is 1.92. The standard InChI is InChI=1S/C6H6ClN/c1-5-3-2-4-6(7)8-5/h2-4H,1H3/i2D. The van der Waals surface area contributed by atoms with E-state index in [1.807, 2.05) is 6.92 Å². The molecule has 0 amide bonds. The zero-order chi connectivity index (χ0) is 6.85. The third-order valence-corrected chi connectivity index (χ3v) is 0.971. The number of halogens is 1. The Morgan fingerprint density at radius 3 is 3.00 bits per heavy atom. The SMILES string of the molecule is [2H]c1cc(C)nc(Cl)c1. The van der Waals surface area contributed by atoms with Crippen molar-refractivity contribution in [1.82, 2.24) is 4.98 Å². The molecular weight excluding hydrogens is 122 g/mol. The summed E-state index contributed by atoms with van der Waals surface area (Å²) in [5.41, 5.74) is 0.785. The molecule has 1 nitrogen and oxygen atoms in total. The third kappa shape index (κ3) is 1.20. The largest absolute Gasteiger partial charge is 0.241 e. The fourth-order valence-electron chi connectivity index (χ4n) is 0.464. The monoisotopic (exact) mass is 128 g/mol. The first-order valence-corrected chi connectivity index (χ1v) is 2.67. The molecule has 2 heteroatoms. The van der Waals surface area contributed by atoms with Crippen LogP contribution in [0.5, 0.6) is 0 Å². The topological polar surface area (TPSA) is 12.9 Å². The van der Waals surface area contributed by atoms with Gasteiger partial charge in [-0.05, 0) is 19.1 Å². The molecule has 0 aliphatic carbocycles. The molecule has 0 aliphatic heterocycles. The lowest BCUT2D eigenvalue weighted by Gasteiger charge is -1.88. The van der Waals surface area contributed by atoms with Crippen molar-refractivity contribution in [2.75, 3.05) is 0 Å². The van der Waals surface area contributed by atoms with Gasteiger partial charge in [-0.15, -0.1) is 0 Å². The highest BCUT2D eigenvalue weighted by Gasteiger charge is 1.84. The lowest BCUT2D eigenvalue weighted by molar-refractivity contribution is 1.20. The summed E-state index contributed by atoms with van der Waals surface area (Å²) < 4.78 is 7.15. The maximum atomic E-state index is 7.15. The van der Waals surface area contributed by atoms with E-state index in [9.17, 15) is 0 Å². The van der Waals surface area contributed by atoms with E-state index >= 15 is 0 Å². The van der Waals surface area contributed by atoms with Crippen LogP contribution in [0, 0.1) is 6.92 Å². The molecule has 1 aromatic heterocycles. The van der Waals surface area contributed by atoms with Crippen LogP contribution in [0.1, 0.15) is 7.06 Å². The van der Waals surface area contributed by atoms with Gasteiger partial charge in [0.2, 0.25) is 0 Å². The molecule has 42 valence electrons. The molecule has 0 aromatic carbocycles. The number of nitrogens with zero attached hydrogens (tertiary/aromatic N) is 1. The molecule has 0 saturated heterocycles. The Bertz CT molecular complexity index is 174. The van der Waals surface area contributed by atoms with Crippen molar-refractivity contribution in [2.24, 2.45) is 0 Å². The molecule has 1 aromatic rings. The second-order valence-electron chi connectivity index (χ2n) is 1.53. The van der Waals surface area contributed by atoms with E-state index in [1.165, 1.54) is 6.07 Å². The minimum atomic E-state index is 0.389. The van der Waals surface area contributed by atoms with E-state index < -0.39 is 0 Å². The molecule has 0 fully saturated rings. The summed E-state index contributed by atoms with van der Waals surface area (Å²) in [4.78, 5) is 3.88. The van der Waals surface area contributed by atoms with E-state index in [2.05, 4.69) is 4.98 Å². The quantitative estimate of drug-likeness (QED) is 0.488. The van der Waals surface area contributed by atoms with Gasteiger partial charge < -0.3 is 0 Å². The zero-order valence-electron chi connectivity index (χ0n) is 5.48.